The lowest BCUT2D eigenvalue weighted by molar-refractivity contribution is -0.117. The summed E-state index contributed by atoms with van der Waals surface area (Å²) in [6.45, 7) is 8.43. The first-order valence-electron chi connectivity index (χ1n) is 10.2. The van der Waals surface area contributed by atoms with Crippen molar-refractivity contribution in [2.45, 2.75) is 39.2 Å². The van der Waals surface area contributed by atoms with Gasteiger partial charge < -0.3 is 15.7 Å². The molecule has 0 aliphatic rings. The molecule has 1 unspecified atom stereocenters. The standard InChI is InChI=1S/C26H28N2O3/c1-17-5-13-22(14-6-17)28-24(29)23(18-7-11-20(12-8-18)26(2,3)4)27-21-15-9-19(10-16-21)25(30)31/h5-16,23,27H,1-4H3,(H,28,29)(H,30,31). The Bertz CT molecular complexity index is 1050. The number of carbonyl (C=O) groups is 2. The second-order valence-electron chi connectivity index (χ2n) is 8.69. The fourth-order valence-electron chi connectivity index (χ4n) is 3.20. The topological polar surface area (TPSA) is 78.4 Å². The lowest BCUT2D eigenvalue weighted by atomic mass is 9.86. The average Bonchev–Trinajstić information content (AvgIpc) is 2.73. The highest BCUT2D eigenvalue weighted by Gasteiger charge is 2.22. The van der Waals surface area contributed by atoms with Crippen LogP contribution in [0.25, 0.3) is 0 Å². The minimum absolute atomic E-state index is 0.0122. The summed E-state index contributed by atoms with van der Waals surface area (Å²) in [5.74, 6) is -1.19. The number of hydrogen-bond acceptors (Lipinski definition) is 3. The molecule has 0 aromatic heterocycles. The molecule has 0 aliphatic heterocycles. The first-order chi connectivity index (χ1) is 14.6. The Morgan fingerprint density at radius 2 is 1.35 bits per heavy atom. The van der Waals surface area contributed by atoms with Crippen LogP contribution in [0.4, 0.5) is 11.4 Å². The van der Waals surface area contributed by atoms with Gasteiger partial charge in [0.05, 0.1) is 5.56 Å². The fourth-order valence-corrected chi connectivity index (χ4v) is 3.20. The van der Waals surface area contributed by atoms with E-state index in [9.17, 15) is 9.59 Å². The molecule has 1 atom stereocenters. The van der Waals surface area contributed by atoms with E-state index in [0.29, 0.717) is 5.69 Å². The molecule has 0 saturated heterocycles. The quantitative estimate of drug-likeness (QED) is 0.476. The Labute approximate surface area is 183 Å². The molecule has 5 nitrogen and oxygen atoms in total. The van der Waals surface area contributed by atoms with Crippen LogP contribution in [0.3, 0.4) is 0 Å². The van der Waals surface area contributed by atoms with E-state index in [4.69, 9.17) is 5.11 Å². The summed E-state index contributed by atoms with van der Waals surface area (Å²) in [4.78, 5) is 24.3. The number of hydrogen-bond donors (Lipinski definition) is 3. The van der Waals surface area contributed by atoms with Gasteiger partial charge in [0.15, 0.2) is 0 Å². The third-order valence-corrected chi connectivity index (χ3v) is 5.13. The zero-order valence-corrected chi connectivity index (χ0v) is 18.3. The maximum absolute atomic E-state index is 13.2. The molecule has 3 aromatic carbocycles. The van der Waals surface area contributed by atoms with E-state index in [0.717, 1.165) is 16.8 Å². The van der Waals surface area contributed by atoms with Crippen LogP contribution in [0.15, 0.2) is 72.8 Å². The third-order valence-electron chi connectivity index (χ3n) is 5.13. The van der Waals surface area contributed by atoms with Crippen LogP contribution in [0.2, 0.25) is 0 Å². The maximum Gasteiger partial charge on any atom is 0.335 e. The van der Waals surface area contributed by atoms with Gasteiger partial charge in [-0.2, -0.15) is 0 Å². The van der Waals surface area contributed by atoms with Crippen LogP contribution in [-0.4, -0.2) is 17.0 Å². The van der Waals surface area contributed by atoms with Crippen molar-refractivity contribution in [1.82, 2.24) is 0 Å². The van der Waals surface area contributed by atoms with Crippen molar-refractivity contribution in [3.8, 4) is 0 Å². The van der Waals surface area contributed by atoms with E-state index in [-0.39, 0.29) is 16.9 Å². The lowest BCUT2D eigenvalue weighted by Gasteiger charge is -2.23. The Kier molecular flexibility index (Phi) is 6.44. The van der Waals surface area contributed by atoms with E-state index < -0.39 is 12.0 Å². The predicted octanol–water partition coefficient (Wildman–Crippen LogP) is 5.78. The van der Waals surface area contributed by atoms with Crippen LogP contribution >= 0.6 is 0 Å². The molecule has 5 heteroatoms. The number of carboxylic acids is 1. The summed E-state index contributed by atoms with van der Waals surface area (Å²) < 4.78 is 0. The molecule has 31 heavy (non-hydrogen) atoms. The van der Waals surface area contributed by atoms with Crippen LogP contribution in [0, 0.1) is 6.92 Å². The second kappa shape index (κ2) is 9.04. The highest BCUT2D eigenvalue weighted by atomic mass is 16.4. The van der Waals surface area contributed by atoms with Gasteiger partial charge in [0, 0.05) is 11.4 Å². The van der Waals surface area contributed by atoms with Gasteiger partial charge in [0.1, 0.15) is 6.04 Å². The van der Waals surface area contributed by atoms with Crippen molar-refractivity contribution in [3.63, 3.8) is 0 Å². The van der Waals surface area contributed by atoms with Crippen molar-refractivity contribution in [3.05, 3.63) is 95.1 Å². The van der Waals surface area contributed by atoms with E-state index in [1.165, 1.54) is 17.7 Å². The van der Waals surface area contributed by atoms with E-state index in [1.54, 1.807) is 12.1 Å². The molecule has 0 heterocycles. The Morgan fingerprint density at radius 3 is 1.87 bits per heavy atom. The first-order valence-corrected chi connectivity index (χ1v) is 10.2. The molecular weight excluding hydrogens is 388 g/mol. The van der Waals surface area contributed by atoms with Gasteiger partial charge in [-0.1, -0.05) is 62.7 Å². The molecule has 0 fully saturated rings. The van der Waals surface area contributed by atoms with E-state index in [1.807, 2.05) is 55.5 Å². The number of aryl methyl sites for hydroxylation is 1. The summed E-state index contributed by atoms with van der Waals surface area (Å²) in [5, 5.41) is 15.3. The molecule has 0 aliphatic carbocycles. The van der Waals surface area contributed by atoms with Gasteiger partial charge >= 0.3 is 5.97 Å². The Balaban J connectivity index is 1.89. The van der Waals surface area contributed by atoms with Gasteiger partial charge in [-0.3, -0.25) is 4.79 Å². The molecule has 0 bridgehead atoms. The number of anilines is 2. The monoisotopic (exact) mass is 416 g/mol. The summed E-state index contributed by atoms with van der Waals surface area (Å²) in [6, 6.07) is 21.3. The first kappa shape index (κ1) is 22.1. The molecular formula is C26H28N2O3. The van der Waals surface area contributed by atoms with Crippen molar-refractivity contribution in [2.24, 2.45) is 0 Å². The summed E-state index contributed by atoms with van der Waals surface area (Å²) in [5.41, 5.74) is 4.70. The number of aromatic carboxylic acids is 1. The minimum Gasteiger partial charge on any atom is -0.478 e. The molecule has 3 N–H and O–H groups in total. The van der Waals surface area contributed by atoms with Crippen molar-refractivity contribution >= 4 is 23.3 Å². The SMILES string of the molecule is Cc1ccc(NC(=O)C(Nc2ccc(C(=O)O)cc2)c2ccc(C(C)(C)C)cc2)cc1. The smallest absolute Gasteiger partial charge is 0.335 e. The van der Waals surface area contributed by atoms with E-state index >= 15 is 0 Å². The van der Waals surface area contributed by atoms with Crippen LogP contribution in [-0.2, 0) is 10.2 Å². The van der Waals surface area contributed by atoms with Gasteiger partial charge in [0.25, 0.3) is 5.91 Å². The van der Waals surface area contributed by atoms with Crippen molar-refractivity contribution < 1.29 is 14.7 Å². The lowest BCUT2D eigenvalue weighted by Crippen LogP contribution is -2.27. The number of rotatable bonds is 6. The molecule has 0 saturated carbocycles. The Hall–Kier alpha value is -3.60. The molecule has 3 rings (SSSR count). The van der Waals surface area contributed by atoms with Gasteiger partial charge in [0.2, 0.25) is 0 Å². The van der Waals surface area contributed by atoms with Crippen LogP contribution in [0.1, 0.15) is 53.9 Å². The summed E-state index contributed by atoms with van der Waals surface area (Å²) in [6.07, 6.45) is 0. The zero-order valence-electron chi connectivity index (χ0n) is 18.3. The number of benzene rings is 3. The highest BCUT2D eigenvalue weighted by Crippen LogP contribution is 2.27. The fraction of sp³-hybridized carbons (Fsp3) is 0.231. The second-order valence-corrected chi connectivity index (χ2v) is 8.69. The number of nitrogens with one attached hydrogen (secondary N) is 2. The largest absolute Gasteiger partial charge is 0.478 e. The highest BCUT2D eigenvalue weighted by molar-refractivity contribution is 5.97. The number of carboxylic acid groups (broad SMARTS) is 1. The number of carbonyl (C=O) groups excluding carboxylic acids is 1. The molecule has 0 radical (unpaired) electrons. The van der Waals surface area contributed by atoms with Crippen molar-refractivity contribution in [2.75, 3.05) is 10.6 Å². The van der Waals surface area contributed by atoms with Crippen LogP contribution in [0.5, 0.6) is 0 Å². The Morgan fingerprint density at radius 1 is 0.806 bits per heavy atom. The summed E-state index contributed by atoms with van der Waals surface area (Å²) >= 11 is 0. The summed E-state index contributed by atoms with van der Waals surface area (Å²) in [7, 11) is 0. The normalized spacial score (nSPS) is 12.1. The predicted molar refractivity (Wildman–Crippen MR) is 125 cm³/mol. The van der Waals surface area contributed by atoms with Gasteiger partial charge in [-0.05, 0) is 59.9 Å². The molecule has 160 valence electrons. The zero-order chi connectivity index (χ0) is 22.6. The third kappa shape index (κ3) is 5.72. The average molecular weight is 417 g/mol. The van der Waals surface area contributed by atoms with Gasteiger partial charge in [-0.15, -0.1) is 0 Å². The number of amides is 1. The van der Waals surface area contributed by atoms with Gasteiger partial charge in [-0.25, -0.2) is 4.79 Å². The molecule has 1 amide bonds. The van der Waals surface area contributed by atoms with Crippen molar-refractivity contribution in [1.29, 1.82) is 0 Å². The molecule has 3 aromatic rings. The maximum atomic E-state index is 13.2. The van der Waals surface area contributed by atoms with Crippen LogP contribution < -0.4 is 10.6 Å². The minimum atomic E-state index is -0.988. The molecule has 0 spiro atoms. The van der Waals surface area contributed by atoms with E-state index in [2.05, 4.69) is 31.4 Å².